The first-order chi connectivity index (χ1) is 9.29. The van der Waals surface area contributed by atoms with E-state index in [0.717, 1.165) is 0 Å². The van der Waals surface area contributed by atoms with Crippen LogP contribution in [-0.2, 0) is 0 Å². The maximum atomic E-state index is 11.9. The standard InChI is InChI=1S/C14H11N3O2/c15-6-9-19-13-3-1-2-12(10-13)17-14(18)11-4-7-16-8-5-11/h1-5,7-8,10H,9H2,(H,17,18). The molecule has 5 heteroatoms. The van der Waals surface area contributed by atoms with E-state index in [1.807, 2.05) is 6.07 Å². The number of nitriles is 1. The number of hydrogen-bond acceptors (Lipinski definition) is 4. The average molecular weight is 253 g/mol. The molecule has 0 aliphatic carbocycles. The zero-order valence-corrected chi connectivity index (χ0v) is 10.0. The van der Waals surface area contributed by atoms with Crippen molar-refractivity contribution in [1.82, 2.24) is 4.98 Å². The number of aromatic nitrogens is 1. The van der Waals surface area contributed by atoms with Crippen LogP contribution in [0.4, 0.5) is 5.69 Å². The van der Waals surface area contributed by atoms with Crippen LogP contribution in [0.2, 0.25) is 0 Å². The number of amides is 1. The van der Waals surface area contributed by atoms with E-state index in [0.29, 0.717) is 17.0 Å². The van der Waals surface area contributed by atoms with Gasteiger partial charge in [-0.1, -0.05) is 6.07 Å². The van der Waals surface area contributed by atoms with Gasteiger partial charge in [-0.05, 0) is 24.3 Å². The fourth-order valence-corrected chi connectivity index (χ4v) is 1.49. The Balaban J connectivity index is 2.07. The normalized spacial score (nSPS) is 9.42. The van der Waals surface area contributed by atoms with E-state index >= 15 is 0 Å². The molecule has 1 amide bonds. The second-order valence-corrected chi connectivity index (χ2v) is 3.66. The lowest BCUT2D eigenvalue weighted by atomic mass is 10.2. The van der Waals surface area contributed by atoms with Gasteiger partial charge in [0.15, 0.2) is 6.61 Å². The fraction of sp³-hybridized carbons (Fsp3) is 0.0714. The molecule has 1 aromatic carbocycles. The van der Waals surface area contributed by atoms with E-state index < -0.39 is 0 Å². The Bertz CT molecular complexity index is 606. The summed E-state index contributed by atoms with van der Waals surface area (Å²) in [4.78, 5) is 15.8. The summed E-state index contributed by atoms with van der Waals surface area (Å²) in [6.07, 6.45) is 3.11. The second-order valence-electron chi connectivity index (χ2n) is 3.66. The van der Waals surface area contributed by atoms with Gasteiger partial charge in [-0.25, -0.2) is 0 Å². The predicted molar refractivity (Wildman–Crippen MR) is 69.7 cm³/mol. The molecule has 0 saturated heterocycles. The van der Waals surface area contributed by atoms with Crippen molar-refractivity contribution in [2.45, 2.75) is 0 Å². The van der Waals surface area contributed by atoms with E-state index in [-0.39, 0.29) is 12.5 Å². The third-order valence-corrected chi connectivity index (χ3v) is 2.34. The van der Waals surface area contributed by atoms with Crippen molar-refractivity contribution < 1.29 is 9.53 Å². The van der Waals surface area contributed by atoms with Crippen molar-refractivity contribution in [2.75, 3.05) is 11.9 Å². The maximum Gasteiger partial charge on any atom is 0.255 e. The molecular weight excluding hydrogens is 242 g/mol. The molecule has 0 radical (unpaired) electrons. The van der Waals surface area contributed by atoms with E-state index in [4.69, 9.17) is 10.00 Å². The quantitative estimate of drug-likeness (QED) is 0.906. The van der Waals surface area contributed by atoms with Crippen LogP contribution < -0.4 is 10.1 Å². The maximum absolute atomic E-state index is 11.9. The highest BCUT2D eigenvalue weighted by Crippen LogP contribution is 2.17. The Hall–Kier alpha value is -2.87. The van der Waals surface area contributed by atoms with Crippen LogP contribution in [0.3, 0.4) is 0 Å². The van der Waals surface area contributed by atoms with Crippen LogP contribution in [0, 0.1) is 11.3 Å². The summed E-state index contributed by atoms with van der Waals surface area (Å²) >= 11 is 0. The first-order valence-corrected chi connectivity index (χ1v) is 5.61. The highest BCUT2D eigenvalue weighted by atomic mass is 16.5. The number of rotatable bonds is 4. The minimum Gasteiger partial charge on any atom is -0.479 e. The highest BCUT2D eigenvalue weighted by Gasteiger charge is 2.05. The Labute approximate surface area is 110 Å². The number of carbonyl (C=O) groups excluding carboxylic acids is 1. The van der Waals surface area contributed by atoms with Gasteiger partial charge in [0.25, 0.3) is 5.91 Å². The molecule has 94 valence electrons. The van der Waals surface area contributed by atoms with Gasteiger partial charge in [-0.15, -0.1) is 0 Å². The van der Waals surface area contributed by atoms with Crippen molar-refractivity contribution in [3.05, 3.63) is 54.4 Å². The molecule has 2 rings (SSSR count). The molecule has 0 saturated carbocycles. The Morgan fingerprint density at radius 2 is 2.11 bits per heavy atom. The summed E-state index contributed by atoms with van der Waals surface area (Å²) in [5, 5.41) is 11.2. The van der Waals surface area contributed by atoms with Gasteiger partial charge in [0.05, 0.1) is 0 Å². The van der Waals surface area contributed by atoms with Gasteiger partial charge < -0.3 is 10.1 Å². The molecule has 1 N–H and O–H groups in total. The van der Waals surface area contributed by atoms with E-state index in [2.05, 4.69) is 10.3 Å². The summed E-state index contributed by atoms with van der Waals surface area (Å²) in [5.41, 5.74) is 1.13. The summed E-state index contributed by atoms with van der Waals surface area (Å²) < 4.78 is 5.16. The smallest absolute Gasteiger partial charge is 0.255 e. The minimum atomic E-state index is -0.222. The number of anilines is 1. The average Bonchev–Trinajstić information content (AvgIpc) is 2.46. The summed E-state index contributed by atoms with van der Waals surface area (Å²) in [6.45, 7) is -0.0260. The number of carbonyl (C=O) groups is 1. The van der Waals surface area contributed by atoms with Crippen LogP contribution >= 0.6 is 0 Å². The van der Waals surface area contributed by atoms with Crippen molar-refractivity contribution in [3.63, 3.8) is 0 Å². The molecule has 0 atom stereocenters. The molecular formula is C14H11N3O2. The summed E-state index contributed by atoms with van der Waals surface area (Å²) in [6, 6.07) is 12.0. The van der Waals surface area contributed by atoms with Gasteiger partial charge >= 0.3 is 0 Å². The van der Waals surface area contributed by atoms with Crippen molar-refractivity contribution >= 4 is 11.6 Å². The molecule has 0 unspecified atom stereocenters. The number of benzene rings is 1. The van der Waals surface area contributed by atoms with Gasteiger partial charge in [-0.2, -0.15) is 5.26 Å². The molecule has 0 fully saturated rings. The lowest BCUT2D eigenvalue weighted by Gasteiger charge is -2.07. The Morgan fingerprint density at radius 1 is 1.32 bits per heavy atom. The highest BCUT2D eigenvalue weighted by molar-refractivity contribution is 6.04. The topological polar surface area (TPSA) is 75.0 Å². The minimum absolute atomic E-state index is 0.0260. The summed E-state index contributed by atoms with van der Waals surface area (Å²) in [7, 11) is 0. The molecule has 0 aliphatic rings. The van der Waals surface area contributed by atoms with Gasteiger partial charge in [0, 0.05) is 29.7 Å². The van der Waals surface area contributed by atoms with E-state index in [1.165, 1.54) is 0 Å². The van der Waals surface area contributed by atoms with E-state index in [1.54, 1.807) is 48.8 Å². The molecule has 19 heavy (non-hydrogen) atoms. The van der Waals surface area contributed by atoms with E-state index in [9.17, 15) is 4.79 Å². The fourth-order valence-electron chi connectivity index (χ4n) is 1.49. The molecule has 5 nitrogen and oxygen atoms in total. The molecule has 0 bridgehead atoms. The molecule has 0 spiro atoms. The lowest BCUT2D eigenvalue weighted by molar-refractivity contribution is 0.102. The molecule has 1 aromatic heterocycles. The zero-order valence-electron chi connectivity index (χ0n) is 10.0. The SMILES string of the molecule is N#CCOc1cccc(NC(=O)c2ccncc2)c1. The summed E-state index contributed by atoms with van der Waals surface area (Å²) in [5.74, 6) is 0.314. The van der Waals surface area contributed by atoms with Crippen LogP contribution in [0.5, 0.6) is 5.75 Å². The van der Waals surface area contributed by atoms with Crippen molar-refractivity contribution in [1.29, 1.82) is 5.26 Å². The van der Waals surface area contributed by atoms with Crippen LogP contribution in [0.15, 0.2) is 48.8 Å². The number of pyridine rings is 1. The van der Waals surface area contributed by atoms with Gasteiger partial charge in [0.2, 0.25) is 0 Å². The third kappa shape index (κ3) is 3.54. The van der Waals surface area contributed by atoms with Crippen molar-refractivity contribution in [3.8, 4) is 11.8 Å². The third-order valence-electron chi connectivity index (χ3n) is 2.34. The molecule has 0 aliphatic heterocycles. The second kappa shape index (κ2) is 6.17. The Kier molecular flexibility index (Phi) is 4.09. The number of nitrogens with one attached hydrogen (secondary N) is 1. The first kappa shape index (κ1) is 12.6. The van der Waals surface area contributed by atoms with Gasteiger partial charge in [-0.3, -0.25) is 9.78 Å². The van der Waals surface area contributed by atoms with Crippen LogP contribution in [0.25, 0.3) is 0 Å². The van der Waals surface area contributed by atoms with Crippen LogP contribution in [-0.4, -0.2) is 17.5 Å². The monoisotopic (exact) mass is 253 g/mol. The van der Waals surface area contributed by atoms with Gasteiger partial charge in [0.1, 0.15) is 11.8 Å². The number of nitrogens with zero attached hydrogens (tertiary/aromatic N) is 2. The molecule has 2 aromatic rings. The predicted octanol–water partition coefficient (Wildman–Crippen LogP) is 2.24. The zero-order chi connectivity index (χ0) is 13.5. The van der Waals surface area contributed by atoms with Crippen molar-refractivity contribution in [2.24, 2.45) is 0 Å². The number of ether oxygens (including phenoxy) is 1. The largest absolute Gasteiger partial charge is 0.479 e. The Morgan fingerprint density at radius 3 is 2.84 bits per heavy atom. The number of hydrogen-bond donors (Lipinski definition) is 1. The molecule has 1 heterocycles. The lowest BCUT2D eigenvalue weighted by Crippen LogP contribution is -2.11. The van der Waals surface area contributed by atoms with Crippen LogP contribution in [0.1, 0.15) is 10.4 Å². The first-order valence-electron chi connectivity index (χ1n) is 5.61.